The molecule has 0 saturated carbocycles. The predicted octanol–water partition coefficient (Wildman–Crippen LogP) is 4.60. The number of carbonyl (C=O) groups is 8. The van der Waals surface area contributed by atoms with Crippen LogP contribution in [0.5, 0.6) is 11.5 Å². The Labute approximate surface area is 462 Å². The lowest BCUT2D eigenvalue weighted by molar-refractivity contribution is -0.141. The second-order valence-corrected chi connectivity index (χ2v) is 18.4. The zero-order valence-corrected chi connectivity index (χ0v) is 44.6. The van der Waals surface area contributed by atoms with E-state index in [4.69, 9.17) is 30.8 Å². The highest BCUT2D eigenvalue weighted by Crippen LogP contribution is 2.22. The number of anilines is 2. The number of esters is 1. The van der Waals surface area contributed by atoms with Crippen molar-refractivity contribution in [3.05, 3.63) is 154 Å². The van der Waals surface area contributed by atoms with Crippen molar-refractivity contribution < 1.29 is 57.7 Å². The Morgan fingerprint density at radius 3 is 1.37 bits per heavy atom. The highest BCUT2D eigenvalue weighted by atomic mass is 32.1. The van der Waals surface area contributed by atoms with Gasteiger partial charge in [0.1, 0.15) is 22.9 Å². The van der Waals surface area contributed by atoms with Crippen LogP contribution in [0.4, 0.5) is 19.9 Å². The molecule has 79 heavy (non-hydrogen) atoms. The topological polar surface area (TPSA) is 359 Å². The Hall–Kier alpha value is -8.98. The number of nitrogens with zero attached hydrogens (tertiary/aromatic N) is 2. The van der Waals surface area contributed by atoms with E-state index in [9.17, 15) is 38.4 Å². The summed E-state index contributed by atoms with van der Waals surface area (Å²) in [7, 11) is 1.27. The van der Waals surface area contributed by atoms with Gasteiger partial charge in [0.15, 0.2) is 10.3 Å². The van der Waals surface area contributed by atoms with Gasteiger partial charge in [0.25, 0.3) is 11.8 Å². The number of aliphatic carboxylic acids is 1. The number of carboxylic acid groups (broad SMARTS) is 1. The molecule has 4 aromatic carbocycles. The van der Waals surface area contributed by atoms with Crippen molar-refractivity contribution in [2.75, 3.05) is 57.1 Å². The van der Waals surface area contributed by atoms with E-state index in [1.807, 2.05) is 54.6 Å². The molecule has 6 rings (SSSR count). The molecule has 2 heterocycles. The number of benzene rings is 4. The highest BCUT2D eigenvalue weighted by Gasteiger charge is 2.22. The zero-order valence-electron chi connectivity index (χ0n) is 43.0. The first-order chi connectivity index (χ1) is 38.2. The average molecular weight is 1120 g/mol. The molecule has 8 amide bonds. The number of rotatable bonds is 28. The molecule has 2 unspecified atom stereocenters. The van der Waals surface area contributed by atoms with Crippen LogP contribution in [0.2, 0.25) is 0 Å². The van der Waals surface area contributed by atoms with Gasteiger partial charge in [-0.25, -0.2) is 19.6 Å². The van der Waals surface area contributed by atoms with E-state index < -0.39 is 59.7 Å². The third kappa shape index (κ3) is 21.9. The summed E-state index contributed by atoms with van der Waals surface area (Å²) in [5.41, 5.74) is 14.0. The van der Waals surface area contributed by atoms with Crippen LogP contribution in [0.15, 0.2) is 120 Å². The number of para-hydroxylation sites is 2. The molecule has 418 valence electrons. The number of carboxylic acids is 1. The Balaban J connectivity index is 0.000000291. The van der Waals surface area contributed by atoms with E-state index in [1.165, 1.54) is 17.9 Å². The summed E-state index contributed by atoms with van der Waals surface area (Å²) in [5.74, 6) is -2.49. The van der Waals surface area contributed by atoms with Gasteiger partial charge in [0.05, 0.1) is 58.3 Å². The van der Waals surface area contributed by atoms with E-state index in [1.54, 1.807) is 54.6 Å². The molecule has 24 nitrogen and oxygen atoms in total. The number of hydrogen-bond acceptors (Lipinski definition) is 17. The summed E-state index contributed by atoms with van der Waals surface area (Å²) >= 11 is 2.11. The molecule has 13 N–H and O–H groups in total. The fourth-order valence-electron chi connectivity index (χ4n) is 6.91. The summed E-state index contributed by atoms with van der Waals surface area (Å²) in [5, 5.41) is 33.4. The number of carbonyl (C=O) groups excluding carboxylic acids is 7. The highest BCUT2D eigenvalue weighted by molar-refractivity contribution is 7.14. The molecule has 0 saturated heterocycles. The van der Waals surface area contributed by atoms with Gasteiger partial charge < -0.3 is 62.7 Å². The normalized spacial score (nSPS) is 11.2. The third-order valence-electron chi connectivity index (χ3n) is 10.8. The van der Waals surface area contributed by atoms with Gasteiger partial charge in [-0.15, -0.1) is 22.7 Å². The molecule has 0 bridgehead atoms. The molecule has 0 spiro atoms. The number of ether oxygens (including phenoxy) is 3. The Morgan fingerprint density at radius 2 is 0.962 bits per heavy atom. The standard InChI is InChI=1S/C27H32N6O6S.C26H30N6O6S/c1-38-24(35)14-20(18-8-3-2-4-9-18)31-23(34)16-29-25(36)21-17-40-27(32-21)33-26(37)30-15-19-10-5-6-11-22(19)39-13-7-12-28;27-11-6-12-38-21-10-5-4-9-18(21)14-29-25(37)32-26-31-20(16-39-26)24(36)28-15-22(33)30-19(13-23(34)35)17-7-2-1-3-8-17/h2-6,8-11,17,20H,7,12-16,28H2,1H3,(H,29,36)(H,31,34)(H2,30,32,33,37);1-5,7-10,16,19H,6,11-15,27H2,(H,28,36)(H,30,33)(H,34,35)(H2,29,31,32,37). The average Bonchev–Trinajstić information content (AvgIpc) is 4.14. The first-order valence-corrected chi connectivity index (χ1v) is 26.4. The van der Waals surface area contributed by atoms with Crippen LogP contribution in [0.1, 0.15) is 81.0 Å². The van der Waals surface area contributed by atoms with E-state index in [-0.39, 0.29) is 60.7 Å². The van der Waals surface area contributed by atoms with Gasteiger partial charge in [0.2, 0.25) is 11.8 Å². The molecule has 0 aliphatic rings. The molecule has 0 fully saturated rings. The van der Waals surface area contributed by atoms with Gasteiger partial charge in [-0.1, -0.05) is 97.1 Å². The molecular weight excluding hydrogens is 1060 g/mol. The van der Waals surface area contributed by atoms with Crippen LogP contribution >= 0.6 is 22.7 Å². The molecule has 6 aromatic rings. The minimum atomic E-state index is -1.07. The van der Waals surface area contributed by atoms with Crippen molar-refractivity contribution in [3.8, 4) is 11.5 Å². The number of hydrogen-bond donors (Lipinski definition) is 11. The van der Waals surface area contributed by atoms with Gasteiger partial charge in [-0.3, -0.25) is 39.4 Å². The summed E-state index contributed by atoms with van der Waals surface area (Å²) in [4.78, 5) is 106. The lowest BCUT2D eigenvalue weighted by Crippen LogP contribution is -2.39. The summed E-state index contributed by atoms with van der Waals surface area (Å²) in [6.45, 7) is 1.71. The maximum Gasteiger partial charge on any atom is 0.321 e. The van der Waals surface area contributed by atoms with Crippen LogP contribution < -0.4 is 63.5 Å². The van der Waals surface area contributed by atoms with E-state index in [0.29, 0.717) is 49.8 Å². The Bertz CT molecular complexity index is 2950. The number of methoxy groups -OCH3 is 1. The largest absolute Gasteiger partial charge is 0.493 e. The van der Waals surface area contributed by atoms with Crippen LogP contribution in [0.3, 0.4) is 0 Å². The fourth-order valence-corrected chi connectivity index (χ4v) is 8.28. The Kier molecular flexibility index (Phi) is 25.6. The smallest absolute Gasteiger partial charge is 0.321 e. The monoisotopic (exact) mass is 1120 g/mol. The minimum absolute atomic E-state index is 0.0203. The summed E-state index contributed by atoms with van der Waals surface area (Å²) in [6, 6.07) is 29.9. The van der Waals surface area contributed by atoms with E-state index in [0.717, 1.165) is 45.8 Å². The van der Waals surface area contributed by atoms with Crippen molar-refractivity contribution in [2.45, 2.75) is 50.9 Å². The van der Waals surface area contributed by atoms with Gasteiger partial charge in [-0.2, -0.15) is 0 Å². The number of urea groups is 2. The van der Waals surface area contributed by atoms with Crippen LogP contribution in [-0.2, 0) is 37.0 Å². The summed E-state index contributed by atoms with van der Waals surface area (Å²) in [6.07, 6.45) is 1.07. The summed E-state index contributed by atoms with van der Waals surface area (Å²) < 4.78 is 16.1. The first-order valence-electron chi connectivity index (χ1n) is 24.6. The van der Waals surface area contributed by atoms with E-state index in [2.05, 4.69) is 52.5 Å². The maximum absolute atomic E-state index is 12.5. The first kappa shape index (κ1) is 60.9. The van der Waals surface area contributed by atoms with E-state index >= 15 is 0 Å². The maximum atomic E-state index is 12.5. The minimum Gasteiger partial charge on any atom is -0.493 e. The number of amides is 8. The fraction of sp³-hybridized carbons (Fsp3) is 0.283. The lowest BCUT2D eigenvalue weighted by Gasteiger charge is -2.18. The SMILES string of the molecule is COC(=O)CC(NC(=O)CNC(=O)c1csc(NC(=O)NCc2ccccc2OCCCN)n1)c1ccccc1.NCCCOc1ccccc1CNC(=O)Nc1nc(C(=O)NCC(=O)NC(CC(=O)O)c2ccccc2)cs1. The van der Waals surface area contributed by atoms with Crippen LogP contribution in [0.25, 0.3) is 0 Å². The molecule has 0 aliphatic heterocycles. The van der Waals surface area contributed by atoms with Crippen LogP contribution in [0, 0.1) is 0 Å². The van der Waals surface area contributed by atoms with Gasteiger partial charge >= 0.3 is 24.0 Å². The number of thiazole rings is 2. The van der Waals surface area contributed by atoms with Crippen molar-refractivity contribution in [3.63, 3.8) is 0 Å². The van der Waals surface area contributed by atoms with Crippen molar-refractivity contribution in [1.29, 1.82) is 0 Å². The number of aromatic nitrogens is 2. The number of nitrogens with one attached hydrogen (secondary N) is 8. The molecule has 0 aliphatic carbocycles. The lowest BCUT2D eigenvalue weighted by atomic mass is 10.0. The second-order valence-electron chi connectivity index (χ2n) is 16.7. The third-order valence-corrected chi connectivity index (χ3v) is 12.3. The van der Waals surface area contributed by atoms with Crippen LogP contribution in [-0.4, -0.2) is 109 Å². The van der Waals surface area contributed by atoms with Crippen molar-refractivity contribution in [2.24, 2.45) is 11.5 Å². The molecule has 26 heteroatoms. The molecule has 2 atom stereocenters. The van der Waals surface area contributed by atoms with Gasteiger partial charge in [0, 0.05) is 35.0 Å². The zero-order chi connectivity index (χ0) is 56.8. The molecular formula is C53H62N12O12S2. The van der Waals surface area contributed by atoms with Crippen molar-refractivity contribution in [1.82, 2.24) is 41.9 Å². The quantitative estimate of drug-likeness (QED) is 0.0236. The van der Waals surface area contributed by atoms with Crippen molar-refractivity contribution >= 4 is 80.6 Å². The molecule has 0 radical (unpaired) electrons. The van der Waals surface area contributed by atoms with Gasteiger partial charge in [-0.05, 0) is 49.2 Å². The second kappa shape index (κ2) is 33.2. The molecule has 2 aromatic heterocycles. The predicted molar refractivity (Wildman–Crippen MR) is 295 cm³/mol. The number of nitrogens with two attached hydrogens (primary N) is 2. The Morgan fingerprint density at radius 1 is 0.557 bits per heavy atom.